The molecule has 0 aliphatic carbocycles. The van der Waals surface area contributed by atoms with E-state index in [-0.39, 0.29) is 0 Å². The van der Waals surface area contributed by atoms with E-state index < -0.39 is 6.10 Å². The van der Waals surface area contributed by atoms with Crippen LogP contribution in [0.15, 0.2) is 12.1 Å². The van der Waals surface area contributed by atoms with E-state index in [0.717, 1.165) is 37.2 Å². The number of benzene rings is 1. The SMILES string of the molecule is Cc1cc2c(c(C(O)CCN)c1)OCCCC2. The number of hydrogen-bond donors (Lipinski definition) is 2. The van der Waals surface area contributed by atoms with Gasteiger partial charge in [0.15, 0.2) is 0 Å². The van der Waals surface area contributed by atoms with Gasteiger partial charge in [0, 0.05) is 5.56 Å². The summed E-state index contributed by atoms with van der Waals surface area (Å²) in [6.07, 6.45) is 3.36. The number of ether oxygens (including phenoxy) is 1. The molecule has 0 amide bonds. The van der Waals surface area contributed by atoms with Crippen LogP contribution in [0.4, 0.5) is 0 Å². The molecule has 17 heavy (non-hydrogen) atoms. The van der Waals surface area contributed by atoms with Crippen LogP contribution in [-0.4, -0.2) is 18.3 Å². The van der Waals surface area contributed by atoms with Crippen molar-refractivity contribution in [3.05, 3.63) is 28.8 Å². The first-order valence-corrected chi connectivity index (χ1v) is 6.36. The first-order valence-electron chi connectivity index (χ1n) is 6.36. The molecule has 3 nitrogen and oxygen atoms in total. The number of hydrogen-bond acceptors (Lipinski definition) is 3. The van der Waals surface area contributed by atoms with Crippen LogP contribution in [0.1, 0.15) is 42.1 Å². The average molecular weight is 235 g/mol. The van der Waals surface area contributed by atoms with Crippen LogP contribution in [0.25, 0.3) is 0 Å². The Morgan fingerprint density at radius 1 is 1.41 bits per heavy atom. The molecular formula is C14H21NO2. The zero-order chi connectivity index (χ0) is 12.3. The third kappa shape index (κ3) is 2.79. The molecule has 1 atom stereocenters. The molecule has 0 spiro atoms. The highest BCUT2D eigenvalue weighted by Gasteiger charge is 2.19. The fourth-order valence-electron chi connectivity index (χ4n) is 2.39. The summed E-state index contributed by atoms with van der Waals surface area (Å²) in [5.41, 5.74) is 8.83. The lowest BCUT2D eigenvalue weighted by molar-refractivity contribution is 0.164. The van der Waals surface area contributed by atoms with E-state index in [1.165, 1.54) is 11.1 Å². The van der Waals surface area contributed by atoms with E-state index in [1.807, 2.05) is 6.07 Å². The molecule has 2 rings (SSSR count). The van der Waals surface area contributed by atoms with Gasteiger partial charge in [-0.25, -0.2) is 0 Å². The summed E-state index contributed by atoms with van der Waals surface area (Å²) < 4.78 is 5.80. The number of nitrogens with two attached hydrogens (primary N) is 1. The molecule has 0 radical (unpaired) electrons. The molecule has 0 bridgehead atoms. The van der Waals surface area contributed by atoms with Crippen LogP contribution >= 0.6 is 0 Å². The Morgan fingerprint density at radius 3 is 3.00 bits per heavy atom. The van der Waals surface area contributed by atoms with Gasteiger partial charge in [0.05, 0.1) is 12.7 Å². The van der Waals surface area contributed by atoms with E-state index in [1.54, 1.807) is 0 Å². The third-order valence-corrected chi connectivity index (χ3v) is 3.22. The molecule has 3 heteroatoms. The molecule has 0 saturated carbocycles. The van der Waals surface area contributed by atoms with Gasteiger partial charge in [0.2, 0.25) is 0 Å². The van der Waals surface area contributed by atoms with Crippen molar-refractivity contribution in [2.24, 2.45) is 5.73 Å². The number of aliphatic hydroxyl groups excluding tert-OH is 1. The third-order valence-electron chi connectivity index (χ3n) is 3.22. The maximum atomic E-state index is 10.1. The zero-order valence-electron chi connectivity index (χ0n) is 10.4. The van der Waals surface area contributed by atoms with E-state index in [0.29, 0.717) is 13.0 Å². The van der Waals surface area contributed by atoms with Crippen LogP contribution in [0.3, 0.4) is 0 Å². The van der Waals surface area contributed by atoms with Gasteiger partial charge in [-0.3, -0.25) is 0 Å². The monoisotopic (exact) mass is 235 g/mol. The molecule has 1 heterocycles. The highest BCUT2D eigenvalue weighted by atomic mass is 16.5. The fraction of sp³-hybridized carbons (Fsp3) is 0.571. The van der Waals surface area contributed by atoms with Gasteiger partial charge < -0.3 is 15.6 Å². The highest BCUT2D eigenvalue weighted by molar-refractivity contribution is 5.46. The summed E-state index contributed by atoms with van der Waals surface area (Å²) in [5.74, 6) is 0.897. The fourth-order valence-corrected chi connectivity index (χ4v) is 2.39. The van der Waals surface area contributed by atoms with Crippen molar-refractivity contribution < 1.29 is 9.84 Å². The smallest absolute Gasteiger partial charge is 0.128 e. The van der Waals surface area contributed by atoms with Gasteiger partial charge in [-0.2, -0.15) is 0 Å². The van der Waals surface area contributed by atoms with Crippen molar-refractivity contribution in [1.29, 1.82) is 0 Å². The first kappa shape index (κ1) is 12.4. The van der Waals surface area contributed by atoms with Gasteiger partial charge in [0.25, 0.3) is 0 Å². The van der Waals surface area contributed by atoms with Crippen molar-refractivity contribution in [3.8, 4) is 5.75 Å². The molecule has 0 aromatic heterocycles. The lowest BCUT2D eigenvalue weighted by Crippen LogP contribution is -2.09. The maximum Gasteiger partial charge on any atom is 0.128 e. The molecule has 0 fully saturated rings. The Labute approximate surface area is 103 Å². The second kappa shape index (κ2) is 5.52. The van der Waals surface area contributed by atoms with Crippen molar-refractivity contribution in [3.63, 3.8) is 0 Å². The van der Waals surface area contributed by atoms with Crippen molar-refractivity contribution in [2.45, 2.75) is 38.7 Å². The molecule has 94 valence electrons. The van der Waals surface area contributed by atoms with Crippen molar-refractivity contribution >= 4 is 0 Å². The largest absolute Gasteiger partial charge is 0.493 e. The lowest BCUT2D eigenvalue weighted by Gasteiger charge is -2.18. The summed E-state index contributed by atoms with van der Waals surface area (Å²) in [6, 6.07) is 4.18. The molecule has 1 unspecified atom stereocenters. The Kier molecular flexibility index (Phi) is 4.02. The topological polar surface area (TPSA) is 55.5 Å². The summed E-state index contributed by atoms with van der Waals surface area (Å²) in [5, 5.41) is 10.1. The minimum Gasteiger partial charge on any atom is -0.493 e. The van der Waals surface area contributed by atoms with E-state index in [9.17, 15) is 5.11 Å². The predicted octanol–water partition coefficient (Wildman–Crippen LogP) is 2.09. The van der Waals surface area contributed by atoms with Crippen LogP contribution in [0, 0.1) is 6.92 Å². The average Bonchev–Trinajstić information content (AvgIpc) is 2.53. The van der Waals surface area contributed by atoms with Crippen LogP contribution in [0.2, 0.25) is 0 Å². The number of fused-ring (bicyclic) bond motifs is 1. The Morgan fingerprint density at radius 2 is 2.24 bits per heavy atom. The second-order valence-electron chi connectivity index (χ2n) is 4.74. The minimum absolute atomic E-state index is 0.490. The molecule has 1 aromatic rings. The summed E-state index contributed by atoms with van der Waals surface area (Å²) in [7, 11) is 0. The van der Waals surface area contributed by atoms with Gasteiger partial charge in [0.1, 0.15) is 5.75 Å². The summed E-state index contributed by atoms with van der Waals surface area (Å²) in [6.45, 7) is 3.30. The number of rotatable bonds is 3. The van der Waals surface area contributed by atoms with Gasteiger partial charge >= 0.3 is 0 Å². The normalized spacial score (nSPS) is 16.9. The Hall–Kier alpha value is -1.06. The predicted molar refractivity (Wildman–Crippen MR) is 68.2 cm³/mol. The number of aliphatic hydroxyl groups is 1. The molecule has 1 aromatic carbocycles. The highest BCUT2D eigenvalue weighted by Crippen LogP contribution is 2.34. The second-order valence-corrected chi connectivity index (χ2v) is 4.74. The Bertz CT molecular complexity index is 390. The molecular weight excluding hydrogens is 214 g/mol. The standard InChI is InChI=1S/C14H21NO2/c1-10-8-11-4-2-3-7-17-14(11)12(9-10)13(16)5-6-15/h8-9,13,16H,2-7,15H2,1H3. The van der Waals surface area contributed by atoms with E-state index >= 15 is 0 Å². The Balaban J connectivity index is 2.39. The van der Waals surface area contributed by atoms with E-state index in [4.69, 9.17) is 10.5 Å². The van der Waals surface area contributed by atoms with Gasteiger partial charge in [-0.1, -0.05) is 11.6 Å². The molecule has 3 N–H and O–H groups in total. The van der Waals surface area contributed by atoms with Crippen LogP contribution in [0.5, 0.6) is 5.75 Å². The maximum absolute atomic E-state index is 10.1. The van der Waals surface area contributed by atoms with Crippen molar-refractivity contribution in [2.75, 3.05) is 13.2 Å². The molecule has 1 aliphatic rings. The summed E-state index contributed by atoms with van der Waals surface area (Å²) in [4.78, 5) is 0. The molecule has 0 saturated heterocycles. The van der Waals surface area contributed by atoms with Gasteiger partial charge in [-0.05, 0) is 50.8 Å². The zero-order valence-corrected chi connectivity index (χ0v) is 10.4. The van der Waals surface area contributed by atoms with E-state index in [2.05, 4.69) is 13.0 Å². The van der Waals surface area contributed by atoms with Crippen LogP contribution < -0.4 is 10.5 Å². The lowest BCUT2D eigenvalue weighted by atomic mass is 9.97. The number of aryl methyl sites for hydroxylation is 2. The quantitative estimate of drug-likeness (QED) is 0.843. The minimum atomic E-state index is -0.508. The van der Waals surface area contributed by atoms with Crippen LogP contribution in [-0.2, 0) is 6.42 Å². The molecule has 1 aliphatic heterocycles. The summed E-state index contributed by atoms with van der Waals surface area (Å²) >= 11 is 0. The van der Waals surface area contributed by atoms with Crippen molar-refractivity contribution in [1.82, 2.24) is 0 Å². The van der Waals surface area contributed by atoms with Gasteiger partial charge in [-0.15, -0.1) is 0 Å². The first-order chi connectivity index (χ1) is 8.22.